The Balaban J connectivity index is 0.984. The Labute approximate surface area is 438 Å². The summed E-state index contributed by atoms with van der Waals surface area (Å²) in [5.41, 5.74) is 1.18. The lowest BCUT2D eigenvalue weighted by Gasteiger charge is -2.26. The molecule has 2 aliphatic rings. The van der Waals surface area contributed by atoms with Crippen LogP contribution in [0.1, 0.15) is 76.7 Å². The third-order valence-corrected chi connectivity index (χ3v) is 13.4. The van der Waals surface area contributed by atoms with E-state index in [1.165, 1.54) is 11.3 Å². The maximum Gasteiger partial charge on any atom is 0.333 e. The molecule has 394 valence electrons. The number of esters is 6. The van der Waals surface area contributed by atoms with Gasteiger partial charge in [-0.25, -0.2) is 19.6 Å². The Kier molecular flexibility index (Phi) is 20.5. The number of carbonyl (C=O) groups excluding carboxylic acids is 6. The van der Waals surface area contributed by atoms with Crippen molar-refractivity contribution in [3.05, 3.63) is 122 Å². The largest absolute Gasteiger partial charge is 0.457 e. The number of carbonyl (C=O) groups is 6. The van der Waals surface area contributed by atoms with Crippen molar-refractivity contribution in [2.24, 2.45) is 28.8 Å². The van der Waals surface area contributed by atoms with Gasteiger partial charge in [-0.3, -0.25) is 19.2 Å². The number of fused-ring (bicyclic) bond motifs is 1. The molecular weight excluding hydrogens is 987 g/mol. The summed E-state index contributed by atoms with van der Waals surface area (Å²) in [4.78, 5) is 81.1. The van der Waals surface area contributed by atoms with Gasteiger partial charge in [0.15, 0.2) is 0 Å². The van der Waals surface area contributed by atoms with Crippen LogP contribution in [-0.2, 0) is 43.0 Å². The molecule has 1 aromatic heterocycles. The predicted molar refractivity (Wildman–Crippen MR) is 277 cm³/mol. The molecule has 18 nitrogen and oxygen atoms in total. The van der Waals surface area contributed by atoms with E-state index in [1.807, 2.05) is 24.3 Å². The van der Waals surface area contributed by atoms with E-state index in [0.29, 0.717) is 105 Å². The second-order valence-corrected chi connectivity index (χ2v) is 18.6. The van der Waals surface area contributed by atoms with Crippen LogP contribution in [0.2, 0.25) is 0 Å². The van der Waals surface area contributed by atoms with E-state index >= 15 is 0 Å². The van der Waals surface area contributed by atoms with Crippen LogP contribution in [0.3, 0.4) is 0 Å². The molecule has 0 amide bonds. The summed E-state index contributed by atoms with van der Waals surface area (Å²) < 4.78 is 50.5. The minimum Gasteiger partial charge on any atom is -0.457 e. The smallest absolute Gasteiger partial charge is 0.333 e. The third-order valence-electron chi connectivity index (χ3n) is 12.4. The number of aromatic nitrogens is 1. The van der Waals surface area contributed by atoms with Crippen molar-refractivity contribution in [1.29, 1.82) is 0 Å². The number of hydrogen-bond acceptors (Lipinski definition) is 19. The number of hydrogen-bond donors (Lipinski definition) is 0. The van der Waals surface area contributed by atoms with Gasteiger partial charge in [0.2, 0.25) is 18.7 Å². The van der Waals surface area contributed by atoms with Crippen molar-refractivity contribution in [2.45, 2.75) is 71.1 Å². The molecule has 7 rings (SSSR count). The van der Waals surface area contributed by atoms with Crippen LogP contribution in [0, 0.1) is 23.7 Å². The van der Waals surface area contributed by atoms with Gasteiger partial charge in [0.25, 0.3) is 0 Å². The molecule has 0 aliphatic heterocycles. The lowest BCUT2D eigenvalue weighted by Crippen LogP contribution is -2.30. The second-order valence-electron chi connectivity index (χ2n) is 17.6. The van der Waals surface area contributed by atoms with E-state index in [9.17, 15) is 28.8 Å². The standard InChI is InChI=1S/C56H59N3O15S/c1-4-7-31-66-32-30-59(56-58-47-10-8-9-11-49(47)75-56)57-34-41-33-46(73-54(64)39-14-12-37(13-15-39)52(62)71-44-24-20-42(21-25-44)67-35-69-50(60)5-2)28-29-48(41)74-55(65)40-18-16-38(17-19-40)53(63)72-45-26-22-43(23-27-45)68-36-70-51(61)6-3/h5-6,8-11,20-29,33-34,37-40H,2-4,7,12-19,30-32,35-36H2,1H3/b57-34+/t37-,38-,39-,40-. The van der Waals surface area contributed by atoms with Gasteiger partial charge in [0.05, 0.1) is 53.3 Å². The first-order valence-corrected chi connectivity index (χ1v) is 25.6. The number of benzene rings is 4. The van der Waals surface area contributed by atoms with Gasteiger partial charge < -0.3 is 42.6 Å². The van der Waals surface area contributed by atoms with Crippen LogP contribution in [0.4, 0.5) is 5.13 Å². The first-order valence-electron chi connectivity index (χ1n) is 24.8. The number of ether oxygens (including phenoxy) is 9. The van der Waals surface area contributed by atoms with E-state index in [0.717, 1.165) is 35.2 Å². The fourth-order valence-electron chi connectivity index (χ4n) is 8.15. The number of thiazole rings is 1. The van der Waals surface area contributed by atoms with E-state index in [-0.39, 0.29) is 25.1 Å². The molecular formula is C56H59N3O15S. The Morgan fingerprint density at radius 3 is 1.57 bits per heavy atom. The molecule has 0 saturated heterocycles. The molecule has 0 radical (unpaired) electrons. The maximum absolute atomic E-state index is 13.9. The van der Waals surface area contributed by atoms with Crippen molar-refractivity contribution in [3.8, 4) is 34.5 Å². The summed E-state index contributed by atoms with van der Waals surface area (Å²) >= 11 is 1.47. The number of rotatable bonds is 25. The average molecular weight is 1050 g/mol. The highest BCUT2D eigenvalue weighted by Gasteiger charge is 2.34. The number of nitrogens with zero attached hydrogens (tertiary/aromatic N) is 3. The monoisotopic (exact) mass is 1050 g/mol. The Morgan fingerprint density at radius 1 is 0.613 bits per heavy atom. The molecule has 0 unspecified atom stereocenters. The molecule has 1 heterocycles. The first kappa shape index (κ1) is 54.9. The Bertz CT molecular complexity index is 2760. The van der Waals surface area contributed by atoms with Gasteiger partial charge in [-0.2, -0.15) is 5.10 Å². The molecule has 5 aromatic rings. The lowest BCUT2D eigenvalue weighted by molar-refractivity contribution is -0.145. The molecule has 0 spiro atoms. The number of anilines is 1. The van der Waals surface area contributed by atoms with Gasteiger partial charge in [-0.1, -0.05) is 50.0 Å². The second kappa shape index (κ2) is 28.0. The molecule has 4 aromatic carbocycles. The molecule has 0 bridgehead atoms. The van der Waals surface area contributed by atoms with Crippen molar-refractivity contribution in [3.63, 3.8) is 0 Å². The van der Waals surface area contributed by atoms with Crippen LogP contribution in [-0.4, -0.2) is 80.4 Å². The molecule has 2 fully saturated rings. The average Bonchev–Trinajstić information content (AvgIpc) is 3.87. The number of hydrazone groups is 1. The van der Waals surface area contributed by atoms with Crippen LogP contribution in [0.15, 0.2) is 121 Å². The van der Waals surface area contributed by atoms with Crippen molar-refractivity contribution in [2.75, 3.05) is 38.4 Å². The molecule has 0 N–H and O–H groups in total. The highest BCUT2D eigenvalue weighted by Crippen LogP contribution is 2.35. The van der Waals surface area contributed by atoms with Gasteiger partial charge in [-0.05, 0) is 137 Å². The molecule has 0 atom stereocenters. The highest BCUT2D eigenvalue weighted by atomic mass is 32.1. The summed E-state index contributed by atoms with van der Waals surface area (Å²) in [5.74, 6) is -2.99. The van der Waals surface area contributed by atoms with Gasteiger partial charge in [0, 0.05) is 24.3 Å². The fourth-order valence-corrected chi connectivity index (χ4v) is 9.09. The molecule has 19 heteroatoms. The number of unbranched alkanes of at least 4 members (excludes halogenated alkanes) is 1. The maximum atomic E-state index is 13.9. The van der Waals surface area contributed by atoms with Crippen molar-refractivity contribution >= 4 is 68.7 Å². The topological polar surface area (TPSA) is 214 Å². The zero-order valence-corrected chi connectivity index (χ0v) is 42.4. The minimum absolute atomic E-state index is 0.190. The first-order chi connectivity index (χ1) is 36.5. The summed E-state index contributed by atoms with van der Waals surface area (Å²) in [6.45, 7) is 9.51. The van der Waals surface area contributed by atoms with Crippen molar-refractivity contribution < 1.29 is 71.4 Å². The molecule has 75 heavy (non-hydrogen) atoms. The molecule has 2 saturated carbocycles. The quantitative estimate of drug-likeness (QED) is 0.0101. The predicted octanol–water partition coefficient (Wildman–Crippen LogP) is 9.72. The summed E-state index contributed by atoms with van der Waals surface area (Å²) in [5, 5.41) is 7.19. The van der Waals surface area contributed by atoms with Crippen LogP contribution in [0.25, 0.3) is 10.2 Å². The van der Waals surface area contributed by atoms with Crippen LogP contribution in [0.5, 0.6) is 34.5 Å². The van der Waals surface area contributed by atoms with Crippen molar-refractivity contribution in [1.82, 2.24) is 4.98 Å². The van der Waals surface area contributed by atoms with Gasteiger partial charge in [-0.15, -0.1) is 0 Å². The Hall–Kier alpha value is -7.90. The molecule has 2 aliphatic carbocycles. The van der Waals surface area contributed by atoms with Gasteiger partial charge >= 0.3 is 35.8 Å². The van der Waals surface area contributed by atoms with E-state index in [4.69, 9.17) is 52.7 Å². The van der Waals surface area contributed by atoms with Crippen LogP contribution < -0.4 is 33.4 Å². The van der Waals surface area contributed by atoms with E-state index < -0.39 is 59.5 Å². The fraction of sp³-hybridized carbons (Fsp3) is 0.357. The minimum atomic E-state index is -0.616. The summed E-state index contributed by atoms with van der Waals surface area (Å²) in [6, 6.07) is 25.1. The normalized spacial score (nSPS) is 17.2. The lowest BCUT2D eigenvalue weighted by atomic mass is 9.82. The van der Waals surface area contributed by atoms with Gasteiger partial charge in [0.1, 0.15) is 34.5 Å². The zero-order chi connectivity index (χ0) is 52.9. The summed E-state index contributed by atoms with van der Waals surface area (Å²) in [7, 11) is 0. The number of para-hydroxylation sites is 1. The Morgan fingerprint density at radius 2 is 1.08 bits per heavy atom. The SMILES string of the molecule is C=CC(=O)OCOc1ccc(OC(=O)[C@H]2CC[C@H](C(=O)Oc3ccc(OC(=O)[C@H]4CC[C@H](C(=O)Oc5ccc(OCOC(=O)C=C)cc5)CC4)c(/C=N/N(CCOCCCC)c4nc5ccccc5s4)c3)CC2)cc1. The highest BCUT2D eigenvalue weighted by molar-refractivity contribution is 7.22. The van der Waals surface area contributed by atoms with Crippen LogP contribution >= 0.6 is 11.3 Å². The van der Waals surface area contributed by atoms with E-state index in [1.54, 1.807) is 78.0 Å². The van der Waals surface area contributed by atoms with E-state index in [2.05, 4.69) is 20.1 Å². The zero-order valence-electron chi connectivity index (χ0n) is 41.6. The summed E-state index contributed by atoms with van der Waals surface area (Å²) in [6.07, 6.45) is 8.72. The third kappa shape index (κ3) is 16.6.